The minimum Gasteiger partial charge on any atom is -0.481 e. The molecule has 8 nitrogen and oxygen atoms in total. The zero-order valence-electron chi connectivity index (χ0n) is 26.2. The largest absolute Gasteiger partial charge is 0.481 e. The number of anilines is 2. The van der Waals surface area contributed by atoms with Gasteiger partial charge in [-0.05, 0) is 87.3 Å². The van der Waals surface area contributed by atoms with Crippen LogP contribution in [0.25, 0.3) is 33.2 Å². The maximum Gasteiger partial charge on any atom is 0.278 e. The number of hydrogen-bond donors (Lipinski definition) is 1. The monoisotopic (exact) mass is 623 g/mol. The van der Waals surface area contributed by atoms with Crippen molar-refractivity contribution < 1.29 is 9.47 Å². The highest BCUT2D eigenvalue weighted by molar-refractivity contribution is 6.36. The fourth-order valence-corrected chi connectivity index (χ4v) is 6.47. The van der Waals surface area contributed by atoms with E-state index in [2.05, 4.69) is 21.5 Å². The predicted molar refractivity (Wildman–Crippen MR) is 181 cm³/mol. The molecule has 0 bridgehead atoms. The van der Waals surface area contributed by atoms with Crippen LogP contribution in [0, 0.1) is 13.8 Å². The predicted octanol–water partition coefficient (Wildman–Crippen LogP) is 7.76. The fraction of sp³-hybridized carbons (Fsp3) is 0.333. The van der Waals surface area contributed by atoms with Crippen molar-refractivity contribution in [1.29, 1.82) is 0 Å². The average Bonchev–Trinajstić information content (AvgIpc) is 3.54. The Bertz CT molecular complexity index is 1920. The maximum absolute atomic E-state index is 12.9. The number of aromatic nitrogens is 4. The molecule has 5 aromatic rings. The molecule has 1 aliphatic heterocycles. The number of pyridine rings is 2. The third-order valence-electron chi connectivity index (χ3n) is 8.53. The Balaban J connectivity index is 0.000000535. The number of halogens is 1. The van der Waals surface area contributed by atoms with Crippen LogP contribution in [0.2, 0.25) is 5.02 Å². The highest BCUT2D eigenvalue weighted by atomic mass is 35.5. The molecule has 2 aromatic carbocycles. The van der Waals surface area contributed by atoms with Crippen LogP contribution in [0.1, 0.15) is 48.1 Å². The number of methoxy groups -OCH3 is 1. The number of nitrogens with one attached hydrogen (secondary N) is 1. The minimum absolute atomic E-state index is 0.204. The van der Waals surface area contributed by atoms with Gasteiger partial charge in [0.1, 0.15) is 5.82 Å². The van der Waals surface area contributed by atoms with Crippen molar-refractivity contribution >= 4 is 33.9 Å². The van der Waals surface area contributed by atoms with E-state index in [0.717, 1.165) is 77.2 Å². The van der Waals surface area contributed by atoms with E-state index in [1.807, 2.05) is 56.3 Å². The average molecular weight is 624 g/mol. The standard InChI is InChI=1S/C31H28ClN5O2.C5H10O/c1-17-14-20-16-33-37(3)31(38)27(20)29(34-17)35-25-13-7-9-21(18(25)2)23-11-6-12-24(28(23)32)26-15-19-8-5-10-22(19)30(36-26)39-4;1-2-4-6-5-3-1/h6-7,9,11-16H,5,8,10H2,1-4H3,(H,34,35);1-5H2. The number of nitrogens with zero attached hydrogens (tertiary/aromatic N) is 4. The van der Waals surface area contributed by atoms with Gasteiger partial charge in [0.05, 0.1) is 29.4 Å². The molecule has 1 saturated heterocycles. The maximum atomic E-state index is 12.9. The third-order valence-corrected chi connectivity index (χ3v) is 8.94. The van der Waals surface area contributed by atoms with E-state index in [1.165, 1.54) is 35.1 Å². The number of hydrogen-bond acceptors (Lipinski definition) is 7. The summed E-state index contributed by atoms with van der Waals surface area (Å²) in [5.74, 6) is 1.19. The van der Waals surface area contributed by atoms with E-state index in [9.17, 15) is 4.79 Å². The minimum atomic E-state index is -0.204. The molecule has 0 unspecified atom stereocenters. The Kier molecular flexibility index (Phi) is 9.14. The van der Waals surface area contributed by atoms with Gasteiger partial charge < -0.3 is 14.8 Å². The molecule has 0 radical (unpaired) electrons. The second-order valence-corrected chi connectivity index (χ2v) is 12.0. The van der Waals surface area contributed by atoms with E-state index in [0.29, 0.717) is 22.1 Å². The van der Waals surface area contributed by atoms with Crippen molar-refractivity contribution in [3.05, 3.63) is 92.5 Å². The number of ether oxygens (including phenoxy) is 2. The Labute approximate surface area is 268 Å². The Hall–Kier alpha value is -4.27. The van der Waals surface area contributed by atoms with Gasteiger partial charge in [-0.3, -0.25) is 4.79 Å². The molecule has 1 N–H and O–H groups in total. The van der Waals surface area contributed by atoms with Crippen LogP contribution in [0.4, 0.5) is 11.5 Å². The molecule has 232 valence electrons. The van der Waals surface area contributed by atoms with Crippen LogP contribution < -0.4 is 15.6 Å². The van der Waals surface area contributed by atoms with Gasteiger partial charge in [0.25, 0.3) is 5.56 Å². The molecule has 7 rings (SSSR count). The smallest absolute Gasteiger partial charge is 0.278 e. The van der Waals surface area contributed by atoms with Gasteiger partial charge in [0.2, 0.25) is 5.88 Å². The van der Waals surface area contributed by atoms with Gasteiger partial charge in [-0.2, -0.15) is 5.10 Å². The van der Waals surface area contributed by atoms with Crippen LogP contribution in [-0.2, 0) is 24.6 Å². The van der Waals surface area contributed by atoms with Crippen LogP contribution in [-0.4, -0.2) is 40.1 Å². The molecule has 0 saturated carbocycles. The fourth-order valence-electron chi connectivity index (χ4n) is 6.15. The van der Waals surface area contributed by atoms with Gasteiger partial charge in [-0.1, -0.05) is 41.9 Å². The number of fused-ring (bicyclic) bond motifs is 2. The molecular formula is C36H38ClN5O3. The van der Waals surface area contributed by atoms with Crippen LogP contribution in [0.15, 0.2) is 59.5 Å². The molecule has 1 aliphatic carbocycles. The van der Waals surface area contributed by atoms with E-state index in [-0.39, 0.29) is 5.56 Å². The lowest BCUT2D eigenvalue weighted by atomic mass is 9.96. The van der Waals surface area contributed by atoms with E-state index in [1.54, 1.807) is 20.4 Å². The summed E-state index contributed by atoms with van der Waals surface area (Å²) in [5, 5.41) is 9.45. The lowest BCUT2D eigenvalue weighted by molar-refractivity contribution is 0.0968. The molecule has 0 amide bonds. The number of rotatable bonds is 5. The summed E-state index contributed by atoms with van der Waals surface area (Å²) in [7, 11) is 3.31. The zero-order valence-corrected chi connectivity index (χ0v) is 27.0. The molecule has 0 spiro atoms. The van der Waals surface area contributed by atoms with Gasteiger partial charge in [0.15, 0.2) is 0 Å². The summed E-state index contributed by atoms with van der Waals surface area (Å²) in [4.78, 5) is 22.4. The summed E-state index contributed by atoms with van der Waals surface area (Å²) in [6.07, 6.45) is 8.74. The van der Waals surface area contributed by atoms with Crippen LogP contribution in [0.3, 0.4) is 0 Å². The van der Waals surface area contributed by atoms with E-state index < -0.39 is 0 Å². The second kappa shape index (κ2) is 13.4. The summed E-state index contributed by atoms with van der Waals surface area (Å²) >= 11 is 7.08. The summed E-state index contributed by atoms with van der Waals surface area (Å²) in [5.41, 5.74) is 8.44. The highest BCUT2D eigenvalue weighted by Crippen LogP contribution is 2.41. The van der Waals surface area contributed by atoms with Crippen molar-refractivity contribution in [3.63, 3.8) is 0 Å². The van der Waals surface area contributed by atoms with Crippen molar-refractivity contribution in [1.82, 2.24) is 19.7 Å². The summed E-state index contributed by atoms with van der Waals surface area (Å²) < 4.78 is 12.0. The van der Waals surface area contributed by atoms with Crippen molar-refractivity contribution in [3.8, 4) is 28.3 Å². The highest BCUT2D eigenvalue weighted by Gasteiger charge is 2.21. The Morgan fingerprint density at radius 3 is 2.42 bits per heavy atom. The molecule has 2 aliphatic rings. The van der Waals surface area contributed by atoms with Crippen molar-refractivity contribution in [2.75, 3.05) is 25.6 Å². The summed E-state index contributed by atoms with van der Waals surface area (Å²) in [6, 6.07) is 16.0. The van der Waals surface area contributed by atoms with E-state index >= 15 is 0 Å². The molecule has 1 fully saturated rings. The Morgan fingerprint density at radius 1 is 0.933 bits per heavy atom. The van der Waals surface area contributed by atoms with Gasteiger partial charge in [0, 0.05) is 53.7 Å². The van der Waals surface area contributed by atoms with Crippen LogP contribution in [0.5, 0.6) is 5.88 Å². The quantitative estimate of drug-likeness (QED) is 0.214. The SMILES string of the molecule is C1CCOCC1.COc1nc(-c2cccc(-c3cccc(Nc4nc(C)cc5cnn(C)c(=O)c45)c3C)c2Cl)cc2c1CCC2. The number of aryl methyl sites for hydroxylation is 3. The first-order valence-electron chi connectivity index (χ1n) is 15.5. The van der Waals surface area contributed by atoms with Crippen molar-refractivity contribution in [2.24, 2.45) is 7.05 Å². The normalized spacial score (nSPS) is 14.1. The lowest BCUT2D eigenvalue weighted by Gasteiger charge is -2.17. The third kappa shape index (κ3) is 6.30. The first-order chi connectivity index (χ1) is 21.9. The van der Waals surface area contributed by atoms with Gasteiger partial charge >= 0.3 is 0 Å². The topological polar surface area (TPSA) is 91.2 Å². The molecule has 0 atom stereocenters. The molecule has 4 heterocycles. The second-order valence-electron chi connectivity index (χ2n) is 11.6. The number of benzene rings is 2. The summed E-state index contributed by atoms with van der Waals surface area (Å²) in [6.45, 7) is 5.94. The van der Waals surface area contributed by atoms with E-state index in [4.69, 9.17) is 26.1 Å². The Morgan fingerprint density at radius 2 is 1.69 bits per heavy atom. The van der Waals surface area contributed by atoms with Crippen LogP contribution >= 0.6 is 11.6 Å². The molecule has 45 heavy (non-hydrogen) atoms. The zero-order chi connectivity index (χ0) is 31.5. The van der Waals surface area contributed by atoms with Gasteiger partial charge in [-0.15, -0.1) is 0 Å². The first-order valence-corrected chi connectivity index (χ1v) is 15.9. The lowest BCUT2D eigenvalue weighted by Crippen LogP contribution is -2.20. The van der Waals surface area contributed by atoms with Crippen molar-refractivity contribution in [2.45, 2.75) is 52.4 Å². The molecule has 3 aromatic heterocycles. The van der Waals surface area contributed by atoms with Gasteiger partial charge in [-0.25, -0.2) is 14.6 Å². The molecule has 9 heteroatoms. The molecular weight excluding hydrogens is 586 g/mol. The first kappa shape index (κ1) is 30.7.